The van der Waals surface area contributed by atoms with Crippen molar-refractivity contribution in [3.05, 3.63) is 74.7 Å². The second-order valence-electron chi connectivity index (χ2n) is 8.78. The molecule has 0 saturated heterocycles. The lowest BCUT2D eigenvalue weighted by Crippen LogP contribution is -2.15. The summed E-state index contributed by atoms with van der Waals surface area (Å²) in [7, 11) is 1.67. The maximum atomic E-state index is 13.6. The number of carbonyl (C=O) groups excluding carboxylic acids is 1. The first kappa shape index (κ1) is 23.2. The number of nitrogens with one attached hydrogen (secondary N) is 1. The van der Waals surface area contributed by atoms with Gasteiger partial charge in [-0.1, -0.05) is 25.0 Å². The largest absolute Gasteiger partial charge is 0.497 e. The van der Waals surface area contributed by atoms with Crippen LogP contribution in [0.2, 0.25) is 0 Å². The monoisotopic (exact) mass is 460 g/mol. The van der Waals surface area contributed by atoms with Crippen LogP contribution in [0.25, 0.3) is 0 Å². The predicted molar refractivity (Wildman–Crippen MR) is 139 cm³/mol. The van der Waals surface area contributed by atoms with Gasteiger partial charge in [0.1, 0.15) is 10.8 Å². The number of carbonyl (C=O) groups is 1. The van der Waals surface area contributed by atoms with E-state index >= 15 is 0 Å². The van der Waals surface area contributed by atoms with Crippen LogP contribution in [-0.2, 0) is 12.8 Å². The number of aryl methyl sites for hydroxylation is 3. The SMILES string of the molecule is COc1ccc(C=Nc2sc3c(c2C(=O)Nc2cccc(C)c2C)CCCCCC3)c(C)c1. The van der Waals surface area contributed by atoms with Crippen LogP contribution >= 0.6 is 11.3 Å². The zero-order chi connectivity index (χ0) is 23.4. The van der Waals surface area contributed by atoms with Gasteiger partial charge < -0.3 is 10.1 Å². The smallest absolute Gasteiger partial charge is 0.259 e. The number of thiophene rings is 1. The van der Waals surface area contributed by atoms with Gasteiger partial charge in [-0.15, -0.1) is 11.3 Å². The van der Waals surface area contributed by atoms with Gasteiger partial charge in [0, 0.05) is 16.8 Å². The normalized spacial score (nSPS) is 13.9. The summed E-state index contributed by atoms with van der Waals surface area (Å²) in [6.45, 7) is 6.17. The Kier molecular flexibility index (Phi) is 7.29. The van der Waals surface area contributed by atoms with Gasteiger partial charge in [-0.3, -0.25) is 4.79 Å². The fourth-order valence-electron chi connectivity index (χ4n) is 4.35. The van der Waals surface area contributed by atoms with Crippen molar-refractivity contribution in [2.24, 2.45) is 4.99 Å². The van der Waals surface area contributed by atoms with Gasteiger partial charge in [0.25, 0.3) is 5.91 Å². The molecule has 1 aliphatic rings. The minimum atomic E-state index is -0.0552. The first-order chi connectivity index (χ1) is 16.0. The molecule has 1 heterocycles. The van der Waals surface area contributed by atoms with E-state index in [9.17, 15) is 4.79 Å². The highest BCUT2D eigenvalue weighted by Crippen LogP contribution is 2.39. The van der Waals surface area contributed by atoms with Gasteiger partial charge in [-0.2, -0.15) is 0 Å². The Hall–Kier alpha value is -2.92. The molecule has 1 amide bonds. The average molecular weight is 461 g/mol. The predicted octanol–water partition coefficient (Wildman–Crippen LogP) is 7.34. The number of nitrogens with zero attached hydrogens (tertiary/aromatic N) is 1. The first-order valence-electron chi connectivity index (χ1n) is 11.7. The standard InChI is InChI=1S/C28H32N2O2S/c1-18-10-9-12-24(20(18)3)30-27(31)26-23-11-7-5-6-8-13-25(23)33-28(26)29-17-21-14-15-22(32-4)16-19(21)2/h9-10,12,14-17H,5-8,11,13H2,1-4H3,(H,30,31). The minimum Gasteiger partial charge on any atom is -0.497 e. The van der Waals surface area contributed by atoms with Crippen molar-refractivity contribution in [2.45, 2.75) is 59.3 Å². The molecular formula is C28H32N2O2S. The number of ether oxygens (including phenoxy) is 1. The molecule has 0 unspecified atom stereocenters. The molecule has 172 valence electrons. The van der Waals surface area contributed by atoms with Gasteiger partial charge in [-0.25, -0.2) is 4.99 Å². The number of rotatable bonds is 5. The lowest BCUT2D eigenvalue weighted by molar-refractivity contribution is 0.102. The second kappa shape index (κ2) is 10.3. The van der Waals surface area contributed by atoms with Crippen molar-refractivity contribution in [2.75, 3.05) is 12.4 Å². The summed E-state index contributed by atoms with van der Waals surface area (Å²) in [6.07, 6.45) is 8.62. The highest BCUT2D eigenvalue weighted by Gasteiger charge is 2.24. The number of benzene rings is 2. The molecule has 0 spiro atoms. The Morgan fingerprint density at radius 2 is 1.82 bits per heavy atom. The molecular weight excluding hydrogens is 428 g/mol. The van der Waals surface area contributed by atoms with Crippen LogP contribution in [-0.4, -0.2) is 19.2 Å². The summed E-state index contributed by atoms with van der Waals surface area (Å²) in [5.41, 5.74) is 7.20. The molecule has 33 heavy (non-hydrogen) atoms. The number of hydrogen-bond acceptors (Lipinski definition) is 4. The average Bonchev–Trinajstić information content (AvgIpc) is 3.12. The Morgan fingerprint density at radius 1 is 1.03 bits per heavy atom. The lowest BCUT2D eigenvalue weighted by Gasteiger charge is -2.13. The number of fused-ring (bicyclic) bond motifs is 1. The van der Waals surface area contributed by atoms with Crippen molar-refractivity contribution in [1.82, 2.24) is 0 Å². The molecule has 1 aromatic heterocycles. The molecule has 5 heteroatoms. The Balaban J connectivity index is 1.72. The van der Waals surface area contributed by atoms with Crippen LogP contribution in [0.4, 0.5) is 10.7 Å². The summed E-state index contributed by atoms with van der Waals surface area (Å²) in [6, 6.07) is 12.0. The van der Waals surface area contributed by atoms with Crippen molar-refractivity contribution in [3.63, 3.8) is 0 Å². The van der Waals surface area contributed by atoms with E-state index in [1.54, 1.807) is 18.4 Å². The number of amides is 1. The third-order valence-electron chi connectivity index (χ3n) is 6.53. The minimum absolute atomic E-state index is 0.0552. The fourth-order valence-corrected chi connectivity index (χ4v) is 5.58. The molecule has 0 bridgehead atoms. The molecule has 0 fully saturated rings. The fraction of sp³-hybridized carbons (Fsp3) is 0.357. The summed E-state index contributed by atoms with van der Waals surface area (Å²) >= 11 is 1.68. The van der Waals surface area contributed by atoms with Crippen LogP contribution < -0.4 is 10.1 Å². The highest BCUT2D eigenvalue weighted by molar-refractivity contribution is 7.16. The van der Waals surface area contributed by atoms with Crippen LogP contribution in [0.15, 0.2) is 41.4 Å². The van der Waals surface area contributed by atoms with Gasteiger partial charge in [-0.05, 0) is 98.5 Å². The maximum Gasteiger partial charge on any atom is 0.259 e. The van der Waals surface area contributed by atoms with Crippen molar-refractivity contribution >= 4 is 34.1 Å². The Labute approximate surface area is 200 Å². The lowest BCUT2D eigenvalue weighted by atomic mass is 9.96. The van der Waals surface area contributed by atoms with E-state index in [-0.39, 0.29) is 5.91 Å². The van der Waals surface area contributed by atoms with E-state index in [4.69, 9.17) is 9.73 Å². The van der Waals surface area contributed by atoms with E-state index in [0.717, 1.165) is 58.0 Å². The molecule has 0 saturated carbocycles. The zero-order valence-corrected chi connectivity index (χ0v) is 20.8. The number of anilines is 1. The molecule has 3 aromatic rings. The van der Waals surface area contributed by atoms with Gasteiger partial charge in [0.05, 0.1) is 12.7 Å². The maximum absolute atomic E-state index is 13.6. The van der Waals surface area contributed by atoms with E-state index in [0.29, 0.717) is 0 Å². The second-order valence-corrected chi connectivity index (χ2v) is 9.86. The van der Waals surface area contributed by atoms with Gasteiger partial charge in [0.2, 0.25) is 0 Å². The van der Waals surface area contributed by atoms with E-state index < -0.39 is 0 Å². The van der Waals surface area contributed by atoms with Crippen LogP contribution in [0.5, 0.6) is 5.75 Å². The molecule has 1 aliphatic carbocycles. The molecule has 0 radical (unpaired) electrons. The topological polar surface area (TPSA) is 50.7 Å². The van der Waals surface area contributed by atoms with E-state index in [2.05, 4.69) is 25.2 Å². The summed E-state index contributed by atoms with van der Waals surface area (Å²) in [5, 5.41) is 3.99. The molecule has 2 aromatic carbocycles. The van der Waals surface area contributed by atoms with Gasteiger partial charge >= 0.3 is 0 Å². The van der Waals surface area contributed by atoms with Crippen LogP contribution in [0.1, 0.15) is 68.7 Å². The summed E-state index contributed by atoms with van der Waals surface area (Å²) in [4.78, 5) is 19.8. The Morgan fingerprint density at radius 3 is 2.58 bits per heavy atom. The number of aliphatic imine (C=N–C) groups is 1. The van der Waals surface area contributed by atoms with Crippen molar-refractivity contribution in [1.29, 1.82) is 0 Å². The van der Waals surface area contributed by atoms with E-state index in [1.807, 2.05) is 43.5 Å². The third-order valence-corrected chi connectivity index (χ3v) is 7.73. The summed E-state index contributed by atoms with van der Waals surface area (Å²) < 4.78 is 5.32. The van der Waals surface area contributed by atoms with Crippen molar-refractivity contribution < 1.29 is 9.53 Å². The number of methoxy groups -OCH3 is 1. The highest BCUT2D eigenvalue weighted by atomic mass is 32.1. The third kappa shape index (κ3) is 5.19. The molecule has 0 aliphatic heterocycles. The zero-order valence-electron chi connectivity index (χ0n) is 20.0. The molecule has 4 nitrogen and oxygen atoms in total. The van der Waals surface area contributed by atoms with Gasteiger partial charge in [0.15, 0.2) is 0 Å². The van der Waals surface area contributed by atoms with Crippen LogP contribution in [0.3, 0.4) is 0 Å². The Bertz CT molecular complexity index is 1190. The first-order valence-corrected chi connectivity index (χ1v) is 12.5. The summed E-state index contributed by atoms with van der Waals surface area (Å²) in [5.74, 6) is 0.776. The number of hydrogen-bond donors (Lipinski definition) is 1. The van der Waals surface area contributed by atoms with E-state index in [1.165, 1.54) is 35.3 Å². The molecule has 4 rings (SSSR count). The quantitative estimate of drug-likeness (QED) is 0.405. The van der Waals surface area contributed by atoms with Crippen molar-refractivity contribution in [3.8, 4) is 5.75 Å². The van der Waals surface area contributed by atoms with Crippen LogP contribution in [0, 0.1) is 20.8 Å². The molecule has 0 atom stereocenters. The molecule has 1 N–H and O–H groups in total.